The van der Waals surface area contributed by atoms with E-state index in [4.69, 9.17) is 9.47 Å². The van der Waals surface area contributed by atoms with E-state index in [9.17, 15) is 14.0 Å². The van der Waals surface area contributed by atoms with Gasteiger partial charge in [0, 0.05) is 18.8 Å². The molecule has 0 bridgehead atoms. The second-order valence-corrected chi connectivity index (χ2v) is 8.42. The average molecular weight is 462 g/mol. The van der Waals surface area contributed by atoms with Crippen LogP contribution in [-0.4, -0.2) is 55.7 Å². The molecule has 1 heterocycles. The molecular weight excluding hydrogens is 433 g/mol. The Morgan fingerprint density at radius 1 is 1.16 bits per heavy atom. The van der Waals surface area contributed by atoms with Crippen LogP contribution in [0.25, 0.3) is 0 Å². The fourth-order valence-corrected chi connectivity index (χ4v) is 4.07. The van der Waals surface area contributed by atoms with Crippen molar-refractivity contribution < 1.29 is 23.5 Å². The molecule has 2 aromatic carbocycles. The first kappa shape index (κ1) is 23.7. The Balaban J connectivity index is 1.69. The molecule has 2 N–H and O–H groups in total. The summed E-state index contributed by atoms with van der Waals surface area (Å²) in [6, 6.07) is 8.46. The molecule has 0 fully saturated rings. The van der Waals surface area contributed by atoms with Gasteiger partial charge in [0.05, 0.1) is 14.2 Å². The number of thioether (sulfide) groups is 1. The highest BCUT2D eigenvalue weighted by Crippen LogP contribution is 2.33. The maximum absolute atomic E-state index is 13.4. The van der Waals surface area contributed by atoms with Gasteiger partial charge in [0.2, 0.25) is 5.91 Å². The van der Waals surface area contributed by atoms with E-state index in [1.807, 2.05) is 18.4 Å². The number of anilines is 1. The van der Waals surface area contributed by atoms with E-state index in [-0.39, 0.29) is 11.9 Å². The SMILES string of the molecule is COc1cc2c(cc1OC)CN(C(=O)N[C@H](CCSC)C(=O)Nc1cccc(F)c1)CC2. The van der Waals surface area contributed by atoms with Gasteiger partial charge in [0.15, 0.2) is 11.5 Å². The molecule has 1 aliphatic heterocycles. The van der Waals surface area contributed by atoms with Gasteiger partial charge >= 0.3 is 6.03 Å². The third kappa shape index (κ3) is 5.85. The van der Waals surface area contributed by atoms with Crippen molar-refractivity contribution in [2.75, 3.05) is 38.1 Å². The third-order valence-electron chi connectivity index (χ3n) is 5.32. The van der Waals surface area contributed by atoms with E-state index in [0.717, 1.165) is 11.1 Å². The van der Waals surface area contributed by atoms with Gasteiger partial charge in [-0.1, -0.05) is 6.07 Å². The molecule has 0 saturated carbocycles. The molecule has 9 heteroatoms. The standard InChI is InChI=1S/C23H28FN3O4S/c1-30-20-11-15-7-9-27(14-16(15)12-21(20)31-2)23(29)26-19(8-10-32-3)22(28)25-18-6-4-5-17(24)13-18/h4-6,11-13,19H,7-10,14H2,1-3H3,(H,25,28)(H,26,29)/t19-/m1/s1. The molecule has 0 aromatic heterocycles. The van der Waals surface area contributed by atoms with E-state index < -0.39 is 11.9 Å². The molecule has 0 aliphatic carbocycles. The monoisotopic (exact) mass is 461 g/mol. The van der Waals surface area contributed by atoms with Crippen LogP contribution in [0.15, 0.2) is 36.4 Å². The van der Waals surface area contributed by atoms with Crippen molar-refractivity contribution in [3.63, 3.8) is 0 Å². The topological polar surface area (TPSA) is 79.9 Å². The van der Waals surface area contributed by atoms with Crippen molar-refractivity contribution in [3.8, 4) is 11.5 Å². The van der Waals surface area contributed by atoms with E-state index in [0.29, 0.717) is 48.9 Å². The highest BCUT2D eigenvalue weighted by Gasteiger charge is 2.27. The number of halogens is 1. The van der Waals surface area contributed by atoms with Gasteiger partial charge in [-0.2, -0.15) is 11.8 Å². The lowest BCUT2D eigenvalue weighted by Crippen LogP contribution is -2.50. The number of rotatable bonds is 8. The van der Waals surface area contributed by atoms with Crippen LogP contribution >= 0.6 is 11.8 Å². The van der Waals surface area contributed by atoms with Crippen LogP contribution in [0.5, 0.6) is 11.5 Å². The largest absolute Gasteiger partial charge is 0.493 e. The number of amides is 3. The van der Waals surface area contributed by atoms with Gasteiger partial charge < -0.3 is 25.0 Å². The maximum atomic E-state index is 13.4. The lowest BCUT2D eigenvalue weighted by molar-refractivity contribution is -0.118. The molecular formula is C23H28FN3O4S. The summed E-state index contributed by atoms with van der Waals surface area (Å²) in [6.07, 6.45) is 3.07. The molecule has 3 rings (SSSR count). The number of fused-ring (bicyclic) bond motifs is 1. The van der Waals surface area contributed by atoms with E-state index in [1.165, 1.54) is 18.2 Å². The van der Waals surface area contributed by atoms with Gasteiger partial charge in [-0.15, -0.1) is 0 Å². The first-order valence-corrected chi connectivity index (χ1v) is 11.7. The summed E-state index contributed by atoms with van der Waals surface area (Å²) in [6.45, 7) is 0.928. The van der Waals surface area contributed by atoms with Crippen LogP contribution in [0.2, 0.25) is 0 Å². The lowest BCUT2D eigenvalue weighted by atomic mass is 9.99. The number of nitrogens with one attached hydrogen (secondary N) is 2. The summed E-state index contributed by atoms with van der Waals surface area (Å²) in [7, 11) is 3.17. The molecule has 0 unspecified atom stereocenters. The number of urea groups is 1. The second-order valence-electron chi connectivity index (χ2n) is 7.43. The van der Waals surface area contributed by atoms with Gasteiger partial charge in [0.1, 0.15) is 11.9 Å². The molecule has 0 saturated heterocycles. The fraction of sp³-hybridized carbons (Fsp3) is 0.391. The lowest BCUT2D eigenvalue weighted by Gasteiger charge is -2.31. The summed E-state index contributed by atoms with van der Waals surface area (Å²) in [5.41, 5.74) is 2.44. The Morgan fingerprint density at radius 3 is 2.53 bits per heavy atom. The number of hydrogen-bond donors (Lipinski definition) is 2. The number of ether oxygens (including phenoxy) is 2. The minimum Gasteiger partial charge on any atom is -0.493 e. The number of benzene rings is 2. The van der Waals surface area contributed by atoms with Gasteiger partial charge in [-0.25, -0.2) is 9.18 Å². The second kappa shape index (κ2) is 11.1. The summed E-state index contributed by atoms with van der Waals surface area (Å²) in [5, 5.41) is 5.54. The van der Waals surface area contributed by atoms with E-state index >= 15 is 0 Å². The van der Waals surface area contributed by atoms with Crippen LogP contribution in [0.4, 0.5) is 14.9 Å². The molecule has 0 spiro atoms. The summed E-state index contributed by atoms with van der Waals surface area (Å²) in [5.74, 6) is 1.16. The zero-order valence-corrected chi connectivity index (χ0v) is 19.3. The first-order chi connectivity index (χ1) is 15.4. The Labute approximate surface area is 191 Å². The van der Waals surface area contributed by atoms with Crippen molar-refractivity contribution in [1.82, 2.24) is 10.2 Å². The van der Waals surface area contributed by atoms with Crippen LogP contribution in [0, 0.1) is 5.82 Å². The van der Waals surface area contributed by atoms with Crippen LogP contribution < -0.4 is 20.1 Å². The number of carbonyl (C=O) groups is 2. The fourth-order valence-electron chi connectivity index (χ4n) is 3.60. The maximum Gasteiger partial charge on any atom is 0.318 e. The van der Waals surface area contributed by atoms with Crippen molar-refractivity contribution in [3.05, 3.63) is 53.3 Å². The summed E-state index contributed by atoms with van der Waals surface area (Å²) in [4.78, 5) is 27.5. The minimum absolute atomic E-state index is 0.314. The molecule has 7 nitrogen and oxygen atoms in total. The Kier molecular flexibility index (Phi) is 8.21. The van der Waals surface area contributed by atoms with Crippen molar-refractivity contribution in [1.29, 1.82) is 0 Å². The predicted octanol–water partition coefficient (Wildman–Crippen LogP) is 3.67. The van der Waals surface area contributed by atoms with E-state index in [2.05, 4.69) is 10.6 Å². The van der Waals surface area contributed by atoms with Crippen LogP contribution in [0.3, 0.4) is 0 Å². The number of methoxy groups -OCH3 is 2. The van der Waals surface area contributed by atoms with Gasteiger partial charge in [-0.3, -0.25) is 4.79 Å². The van der Waals surface area contributed by atoms with Crippen molar-refractivity contribution in [2.45, 2.75) is 25.4 Å². The molecule has 172 valence electrons. The quantitative estimate of drug-likeness (QED) is 0.627. The first-order valence-electron chi connectivity index (χ1n) is 10.3. The number of nitrogens with zero attached hydrogens (tertiary/aromatic N) is 1. The third-order valence-corrected chi connectivity index (χ3v) is 5.97. The molecule has 1 aliphatic rings. The van der Waals surface area contributed by atoms with Crippen molar-refractivity contribution >= 4 is 29.4 Å². The average Bonchev–Trinajstić information content (AvgIpc) is 2.80. The van der Waals surface area contributed by atoms with Gasteiger partial charge in [-0.05, 0) is 66.3 Å². The molecule has 32 heavy (non-hydrogen) atoms. The number of hydrogen-bond acceptors (Lipinski definition) is 5. The number of carbonyl (C=O) groups excluding carboxylic acids is 2. The van der Waals surface area contributed by atoms with E-state index in [1.54, 1.807) is 36.9 Å². The van der Waals surface area contributed by atoms with Gasteiger partial charge in [0.25, 0.3) is 0 Å². The highest BCUT2D eigenvalue weighted by molar-refractivity contribution is 7.98. The normalized spacial score (nSPS) is 13.7. The summed E-state index contributed by atoms with van der Waals surface area (Å²) < 4.78 is 24.2. The minimum atomic E-state index is -0.731. The Morgan fingerprint density at radius 2 is 1.88 bits per heavy atom. The Hall–Kier alpha value is -2.94. The zero-order valence-electron chi connectivity index (χ0n) is 18.4. The molecule has 2 aromatic rings. The Bertz CT molecular complexity index is 972. The molecule has 1 atom stereocenters. The van der Waals surface area contributed by atoms with Crippen molar-refractivity contribution in [2.24, 2.45) is 0 Å². The molecule has 0 radical (unpaired) electrons. The smallest absolute Gasteiger partial charge is 0.318 e. The predicted molar refractivity (Wildman–Crippen MR) is 124 cm³/mol. The van der Waals surface area contributed by atoms with Crippen LogP contribution in [0.1, 0.15) is 17.5 Å². The van der Waals surface area contributed by atoms with Crippen LogP contribution in [-0.2, 0) is 17.8 Å². The molecule has 3 amide bonds. The summed E-state index contributed by atoms with van der Waals surface area (Å²) >= 11 is 1.59. The highest BCUT2D eigenvalue weighted by atomic mass is 32.2. The zero-order chi connectivity index (χ0) is 23.1.